The molecule has 0 unspecified atom stereocenters. The van der Waals surface area contributed by atoms with Gasteiger partial charge in [-0.1, -0.05) is 72.3 Å². The van der Waals surface area contributed by atoms with Crippen LogP contribution in [0.4, 0.5) is 5.69 Å². The van der Waals surface area contributed by atoms with Crippen molar-refractivity contribution in [3.63, 3.8) is 0 Å². The van der Waals surface area contributed by atoms with Crippen LogP contribution in [0.25, 0.3) is 0 Å². The maximum atomic E-state index is 13.8. The molecule has 0 aliphatic carbocycles. The van der Waals surface area contributed by atoms with Gasteiger partial charge in [0.1, 0.15) is 5.75 Å². The van der Waals surface area contributed by atoms with Gasteiger partial charge in [-0.25, -0.2) is 8.42 Å². The first kappa shape index (κ1) is 27.4. The molecule has 4 aromatic carbocycles. The van der Waals surface area contributed by atoms with Crippen molar-refractivity contribution in [2.24, 2.45) is 0 Å². The Morgan fingerprint density at radius 2 is 1.58 bits per heavy atom. The molecule has 1 amide bonds. The molecule has 0 saturated heterocycles. The minimum absolute atomic E-state index is 0.135. The average Bonchev–Trinajstić information content (AvgIpc) is 2.90. The molecule has 0 radical (unpaired) electrons. The van der Waals surface area contributed by atoms with Crippen LogP contribution in [-0.2, 0) is 21.2 Å². The van der Waals surface area contributed by atoms with Crippen LogP contribution in [-0.4, -0.2) is 31.7 Å². The number of hydrogen-bond acceptors (Lipinski definition) is 4. The number of hydrogen-bond donors (Lipinski definition) is 1. The van der Waals surface area contributed by atoms with Gasteiger partial charge < -0.3 is 10.1 Å². The number of ether oxygens (including phenoxy) is 1. The van der Waals surface area contributed by atoms with Crippen molar-refractivity contribution in [1.82, 2.24) is 4.31 Å². The first-order chi connectivity index (χ1) is 18.2. The minimum atomic E-state index is -3.96. The summed E-state index contributed by atoms with van der Waals surface area (Å²) in [6.45, 7) is 3.35. The van der Waals surface area contributed by atoms with E-state index in [0.717, 1.165) is 11.1 Å². The molecule has 38 heavy (non-hydrogen) atoms. The number of rotatable bonds is 10. The summed E-state index contributed by atoms with van der Waals surface area (Å²) in [5.74, 6) is 0.474. The number of amides is 1. The van der Waals surface area contributed by atoms with Gasteiger partial charge in [-0.05, 0) is 73.4 Å². The minimum Gasteiger partial charge on any atom is -0.455 e. The number of nitrogens with one attached hydrogen (secondary N) is 1. The van der Waals surface area contributed by atoms with Gasteiger partial charge in [-0.2, -0.15) is 4.31 Å². The third-order valence-electron chi connectivity index (χ3n) is 5.96. The Morgan fingerprint density at radius 3 is 2.29 bits per heavy atom. The SMILES string of the molecule is Cc1ccc(C)c(S(=O)(=O)N(CCc2ccccc2)CC(=O)Nc2cc(Cl)ccc2Oc2ccccc2)c1. The third-order valence-corrected chi connectivity index (χ3v) is 8.18. The third kappa shape index (κ3) is 7.01. The highest BCUT2D eigenvalue weighted by Crippen LogP contribution is 2.32. The van der Waals surface area contributed by atoms with E-state index in [0.29, 0.717) is 34.2 Å². The van der Waals surface area contributed by atoms with E-state index in [-0.39, 0.29) is 18.0 Å². The normalized spacial score (nSPS) is 11.4. The van der Waals surface area contributed by atoms with Crippen LogP contribution >= 0.6 is 11.6 Å². The molecule has 8 heteroatoms. The van der Waals surface area contributed by atoms with Gasteiger partial charge in [0.15, 0.2) is 5.75 Å². The van der Waals surface area contributed by atoms with E-state index >= 15 is 0 Å². The molecule has 0 aliphatic rings. The molecule has 0 atom stereocenters. The second kappa shape index (κ2) is 12.3. The Balaban J connectivity index is 1.59. The van der Waals surface area contributed by atoms with Gasteiger partial charge in [0.05, 0.1) is 17.1 Å². The predicted octanol–water partition coefficient (Wildman–Crippen LogP) is 6.62. The van der Waals surface area contributed by atoms with Crippen molar-refractivity contribution < 1.29 is 17.9 Å². The van der Waals surface area contributed by atoms with E-state index in [1.54, 1.807) is 49.4 Å². The molecule has 6 nitrogen and oxygen atoms in total. The molecule has 0 spiro atoms. The summed E-state index contributed by atoms with van der Waals surface area (Å²) in [6, 6.07) is 28.9. The summed E-state index contributed by atoms with van der Waals surface area (Å²) in [6.07, 6.45) is 0.456. The molecule has 0 saturated carbocycles. The van der Waals surface area contributed by atoms with Gasteiger partial charge in [0.2, 0.25) is 15.9 Å². The lowest BCUT2D eigenvalue weighted by Crippen LogP contribution is -2.39. The summed E-state index contributed by atoms with van der Waals surface area (Å²) in [5.41, 5.74) is 2.76. The highest BCUT2D eigenvalue weighted by molar-refractivity contribution is 7.89. The lowest BCUT2D eigenvalue weighted by atomic mass is 10.1. The monoisotopic (exact) mass is 548 g/mol. The number of para-hydroxylation sites is 1. The smallest absolute Gasteiger partial charge is 0.243 e. The molecule has 1 N–H and O–H groups in total. The number of carbonyl (C=O) groups excluding carboxylic acids is 1. The van der Waals surface area contributed by atoms with Gasteiger partial charge in [-0.15, -0.1) is 0 Å². The van der Waals surface area contributed by atoms with Crippen molar-refractivity contribution in [1.29, 1.82) is 0 Å². The van der Waals surface area contributed by atoms with Crippen LogP contribution in [0, 0.1) is 13.8 Å². The molecule has 0 heterocycles. The van der Waals surface area contributed by atoms with Crippen molar-refractivity contribution >= 4 is 33.2 Å². The molecular formula is C30H29ClN2O4S. The number of nitrogens with zero attached hydrogens (tertiary/aromatic N) is 1. The second-order valence-corrected chi connectivity index (χ2v) is 11.3. The molecule has 0 bridgehead atoms. The van der Waals surface area contributed by atoms with Crippen LogP contribution in [0.1, 0.15) is 16.7 Å². The maximum absolute atomic E-state index is 13.8. The highest BCUT2D eigenvalue weighted by atomic mass is 35.5. The van der Waals surface area contributed by atoms with Crippen LogP contribution in [0.5, 0.6) is 11.5 Å². The number of anilines is 1. The van der Waals surface area contributed by atoms with E-state index in [9.17, 15) is 13.2 Å². The molecule has 4 aromatic rings. The van der Waals surface area contributed by atoms with Gasteiger partial charge in [-0.3, -0.25) is 4.79 Å². The Bertz CT molecular complexity index is 1510. The van der Waals surface area contributed by atoms with Crippen LogP contribution in [0.3, 0.4) is 0 Å². The predicted molar refractivity (Wildman–Crippen MR) is 151 cm³/mol. The molecule has 0 fully saturated rings. The Labute approximate surface area is 228 Å². The fourth-order valence-corrected chi connectivity index (χ4v) is 5.84. The number of carbonyl (C=O) groups is 1. The lowest BCUT2D eigenvalue weighted by Gasteiger charge is -2.23. The van der Waals surface area contributed by atoms with Crippen molar-refractivity contribution in [2.45, 2.75) is 25.2 Å². The number of benzene rings is 4. The van der Waals surface area contributed by atoms with E-state index in [1.165, 1.54) is 4.31 Å². The first-order valence-corrected chi connectivity index (χ1v) is 14.0. The summed E-state index contributed by atoms with van der Waals surface area (Å²) >= 11 is 6.20. The molecule has 0 aromatic heterocycles. The highest BCUT2D eigenvalue weighted by Gasteiger charge is 2.28. The quantitative estimate of drug-likeness (QED) is 0.241. The van der Waals surface area contributed by atoms with Gasteiger partial charge >= 0.3 is 0 Å². The number of sulfonamides is 1. The largest absolute Gasteiger partial charge is 0.455 e. The molecule has 4 rings (SSSR count). The average molecular weight is 549 g/mol. The Hall–Kier alpha value is -3.65. The van der Waals surface area contributed by atoms with Crippen LogP contribution < -0.4 is 10.1 Å². The molecular weight excluding hydrogens is 520 g/mol. The number of halogens is 1. The summed E-state index contributed by atoms with van der Waals surface area (Å²) in [7, 11) is -3.96. The fourth-order valence-electron chi connectivity index (χ4n) is 3.96. The van der Waals surface area contributed by atoms with E-state index in [4.69, 9.17) is 16.3 Å². The first-order valence-electron chi connectivity index (χ1n) is 12.2. The lowest BCUT2D eigenvalue weighted by molar-refractivity contribution is -0.116. The molecule has 0 aliphatic heterocycles. The Morgan fingerprint density at radius 1 is 0.895 bits per heavy atom. The van der Waals surface area contributed by atoms with E-state index in [1.807, 2.05) is 61.5 Å². The summed E-state index contributed by atoms with van der Waals surface area (Å²) in [4.78, 5) is 13.5. The van der Waals surface area contributed by atoms with Gasteiger partial charge in [0.25, 0.3) is 0 Å². The fraction of sp³-hybridized carbons (Fsp3) is 0.167. The number of aryl methyl sites for hydroxylation is 2. The maximum Gasteiger partial charge on any atom is 0.243 e. The standard InChI is InChI=1S/C30H29ClN2O4S/c1-22-13-14-23(2)29(19-22)38(35,36)33(18-17-24-9-5-3-6-10-24)21-30(34)32-27-20-25(31)15-16-28(27)37-26-11-7-4-8-12-26/h3-16,19-20H,17-18,21H2,1-2H3,(H,32,34). The van der Waals surface area contributed by atoms with E-state index < -0.39 is 15.9 Å². The summed E-state index contributed by atoms with van der Waals surface area (Å²) < 4.78 is 34.7. The van der Waals surface area contributed by atoms with Crippen molar-refractivity contribution in [3.05, 3.63) is 119 Å². The van der Waals surface area contributed by atoms with E-state index in [2.05, 4.69) is 5.32 Å². The van der Waals surface area contributed by atoms with Gasteiger partial charge in [0, 0.05) is 11.6 Å². The van der Waals surface area contributed by atoms with Crippen LogP contribution in [0.15, 0.2) is 102 Å². The van der Waals surface area contributed by atoms with Crippen LogP contribution in [0.2, 0.25) is 5.02 Å². The Kier molecular flexibility index (Phi) is 8.84. The zero-order chi connectivity index (χ0) is 27.1. The van der Waals surface area contributed by atoms with Crippen molar-refractivity contribution in [2.75, 3.05) is 18.4 Å². The topological polar surface area (TPSA) is 75.7 Å². The summed E-state index contributed by atoms with van der Waals surface area (Å²) in [5, 5.41) is 3.20. The molecule has 196 valence electrons. The zero-order valence-corrected chi connectivity index (χ0v) is 22.8. The second-order valence-electron chi connectivity index (χ2n) is 8.95. The van der Waals surface area contributed by atoms with Crippen molar-refractivity contribution in [3.8, 4) is 11.5 Å². The zero-order valence-electron chi connectivity index (χ0n) is 21.2.